The first-order chi connectivity index (χ1) is 15.2. The van der Waals surface area contributed by atoms with Crippen LogP contribution in [0, 0.1) is 6.92 Å². The second-order valence-corrected chi connectivity index (χ2v) is 7.92. The Bertz CT molecular complexity index is 1320. The number of halogens is 1. The molecule has 0 saturated carbocycles. The maximum atomic E-state index is 6.64. The third-order valence-electron chi connectivity index (χ3n) is 5.38. The first-order valence-corrected chi connectivity index (χ1v) is 10.7. The van der Waals surface area contributed by atoms with E-state index >= 15 is 0 Å². The van der Waals surface area contributed by atoms with Crippen molar-refractivity contribution in [2.24, 2.45) is 0 Å². The van der Waals surface area contributed by atoms with Gasteiger partial charge in [0.15, 0.2) is 0 Å². The van der Waals surface area contributed by atoms with Gasteiger partial charge in [0.05, 0.1) is 16.4 Å². The zero-order valence-electron chi connectivity index (χ0n) is 17.2. The van der Waals surface area contributed by atoms with Crippen LogP contribution in [0.25, 0.3) is 39.6 Å². The number of nitrogens with zero attached hydrogens (tertiary/aromatic N) is 2. The van der Waals surface area contributed by atoms with Gasteiger partial charge in [0, 0.05) is 22.4 Å². The van der Waals surface area contributed by atoms with Gasteiger partial charge in [-0.25, -0.2) is 4.98 Å². The van der Waals surface area contributed by atoms with E-state index in [9.17, 15) is 0 Å². The molecule has 0 radical (unpaired) electrons. The van der Waals surface area contributed by atoms with Crippen LogP contribution in [0.15, 0.2) is 109 Å². The first kappa shape index (κ1) is 19.3. The molecule has 0 aliphatic carbocycles. The van der Waals surface area contributed by atoms with Gasteiger partial charge in [-0.3, -0.25) is 4.57 Å². The molecule has 0 unspecified atom stereocenters. The molecular weight excluding hydrogens is 400 g/mol. The van der Waals surface area contributed by atoms with Crippen LogP contribution in [-0.2, 0) is 0 Å². The Balaban J connectivity index is 1.90. The molecule has 0 aliphatic rings. The first-order valence-electron chi connectivity index (χ1n) is 10.3. The van der Waals surface area contributed by atoms with Crippen LogP contribution in [0.4, 0.5) is 0 Å². The third-order valence-corrected chi connectivity index (χ3v) is 5.71. The molecule has 0 amide bonds. The van der Waals surface area contributed by atoms with Crippen molar-refractivity contribution in [3.63, 3.8) is 0 Å². The van der Waals surface area contributed by atoms with Crippen LogP contribution in [0.5, 0.6) is 0 Å². The quantitative estimate of drug-likeness (QED) is 0.289. The Morgan fingerprint density at radius 3 is 1.87 bits per heavy atom. The Kier molecular flexibility index (Phi) is 5.15. The van der Waals surface area contributed by atoms with Gasteiger partial charge in [-0.1, -0.05) is 102 Å². The highest BCUT2D eigenvalue weighted by atomic mass is 35.5. The number of hydrogen-bond acceptors (Lipinski definition) is 1. The Labute approximate surface area is 187 Å². The highest BCUT2D eigenvalue weighted by Gasteiger charge is 2.23. The van der Waals surface area contributed by atoms with Gasteiger partial charge in [0.1, 0.15) is 5.82 Å². The van der Waals surface area contributed by atoms with Crippen LogP contribution >= 0.6 is 11.6 Å². The van der Waals surface area contributed by atoms with Crippen molar-refractivity contribution in [3.8, 4) is 39.6 Å². The lowest BCUT2D eigenvalue weighted by molar-refractivity contribution is 1.07. The van der Waals surface area contributed by atoms with E-state index in [1.54, 1.807) is 0 Å². The third kappa shape index (κ3) is 3.67. The maximum absolute atomic E-state index is 6.64. The number of aromatic nitrogens is 2. The molecule has 4 aromatic carbocycles. The largest absolute Gasteiger partial charge is 0.292 e. The molecule has 5 aromatic rings. The van der Waals surface area contributed by atoms with Crippen LogP contribution in [0.1, 0.15) is 5.56 Å². The van der Waals surface area contributed by atoms with E-state index in [2.05, 4.69) is 72.2 Å². The van der Waals surface area contributed by atoms with E-state index in [4.69, 9.17) is 16.6 Å². The molecule has 0 spiro atoms. The fraction of sp³-hybridized carbons (Fsp3) is 0.0357. The molecule has 0 fully saturated rings. The summed E-state index contributed by atoms with van der Waals surface area (Å²) in [6, 6.07) is 37.2. The summed E-state index contributed by atoms with van der Waals surface area (Å²) in [5.74, 6) is 0.826. The molecule has 0 bridgehead atoms. The second-order valence-electron chi connectivity index (χ2n) is 7.52. The lowest BCUT2D eigenvalue weighted by Gasteiger charge is -2.14. The predicted molar refractivity (Wildman–Crippen MR) is 130 cm³/mol. The molecule has 1 aromatic heterocycles. The van der Waals surface area contributed by atoms with Crippen molar-refractivity contribution in [1.29, 1.82) is 0 Å². The van der Waals surface area contributed by atoms with Gasteiger partial charge in [-0.2, -0.15) is 0 Å². The van der Waals surface area contributed by atoms with Crippen LogP contribution in [0.3, 0.4) is 0 Å². The smallest absolute Gasteiger partial charge is 0.147 e. The molecule has 150 valence electrons. The fourth-order valence-corrected chi connectivity index (χ4v) is 4.07. The number of rotatable bonds is 4. The topological polar surface area (TPSA) is 17.8 Å². The zero-order chi connectivity index (χ0) is 21.2. The molecule has 3 heteroatoms. The molecule has 0 saturated heterocycles. The summed E-state index contributed by atoms with van der Waals surface area (Å²) in [4.78, 5) is 5.17. The minimum absolute atomic E-state index is 0.681. The monoisotopic (exact) mass is 420 g/mol. The highest BCUT2D eigenvalue weighted by Crippen LogP contribution is 2.40. The maximum Gasteiger partial charge on any atom is 0.147 e. The minimum atomic E-state index is 0.681. The molecule has 31 heavy (non-hydrogen) atoms. The Hall–Kier alpha value is -3.62. The minimum Gasteiger partial charge on any atom is -0.292 e. The molecule has 2 nitrogen and oxygen atoms in total. The molecule has 0 aliphatic heterocycles. The number of aryl methyl sites for hydroxylation is 1. The summed E-state index contributed by atoms with van der Waals surface area (Å²) in [5.41, 5.74) is 7.33. The van der Waals surface area contributed by atoms with Crippen molar-refractivity contribution < 1.29 is 0 Å². The average molecular weight is 421 g/mol. The standard InChI is InChI=1S/C28H21ClN2/c1-20-16-18-23(19-17-20)31-27(22-12-6-3-7-13-22)26(21-10-4-2-5-11-21)30-28(31)24-14-8-9-15-25(24)29/h2-19H,1H3. The van der Waals surface area contributed by atoms with Crippen LogP contribution < -0.4 is 0 Å². The van der Waals surface area contributed by atoms with Crippen molar-refractivity contribution in [1.82, 2.24) is 9.55 Å². The van der Waals surface area contributed by atoms with Gasteiger partial charge < -0.3 is 0 Å². The van der Waals surface area contributed by atoms with E-state index in [-0.39, 0.29) is 0 Å². The molecule has 5 rings (SSSR count). The summed E-state index contributed by atoms with van der Waals surface area (Å²) in [6.45, 7) is 2.10. The Morgan fingerprint density at radius 2 is 1.23 bits per heavy atom. The van der Waals surface area contributed by atoms with Gasteiger partial charge in [0.25, 0.3) is 0 Å². The van der Waals surface area contributed by atoms with Gasteiger partial charge in [-0.15, -0.1) is 0 Å². The lowest BCUT2D eigenvalue weighted by atomic mass is 10.0. The van der Waals surface area contributed by atoms with Crippen molar-refractivity contribution in [2.45, 2.75) is 6.92 Å². The van der Waals surface area contributed by atoms with Crippen LogP contribution in [0.2, 0.25) is 5.02 Å². The van der Waals surface area contributed by atoms with Crippen molar-refractivity contribution in [3.05, 3.63) is 120 Å². The van der Waals surface area contributed by atoms with E-state index in [1.165, 1.54) is 5.56 Å². The van der Waals surface area contributed by atoms with Gasteiger partial charge >= 0.3 is 0 Å². The number of hydrogen-bond donors (Lipinski definition) is 0. The summed E-state index contributed by atoms with van der Waals surface area (Å²) < 4.78 is 2.22. The predicted octanol–water partition coefficient (Wildman–Crippen LogP) is 7.84. The second kappa shape index (κ2) is 8.25. The van der Waals surface area contributed by atoms with Gasteiger partial charge in [-0.05, 0) is 31.2 Å². The highest BCUT2D eigenvalue weighted by molar-refractivity contribution is 6.33. The lowest BCUT2D eigenvalue weighted by Crippen LogP contribution is -2.00. The van der Waals surface area contributed by atoms with Crippen molar-refractivity contribution >= 4 is 11.6 Å². The molecule has 1 heterocycles. The SMILES string of the molecule is Cc1ccc(-n2c(-c3ccccc3Cl)nc(-c3ccccc3)c2-c2ccccc2)cc1. The van der Waals surface area contributed by atoms with E-state index in [0.29, 0.717) is 5.02 Å². The average Bonchev–Trinajstić information content (AvgIpc) is 3.21. The number of benzene rings is 4. The summed E-state index contributed by atoms with van der Waals surface area (Å²) in [6.07, 6.45) is 0. The summed E-state index contributed by atoms with van der Waals surface area (Å²) >= 11 is 6.64. The van der Waals surface area contributed by atoms with Crippen molar-refractivity contribution in [2.75, 3.05) is 0 Å². The zero-order valence-corrected chi connectivity index (χ0v) is 17.9. The molecule has 0 N–H and O–H groups in total. The van der Waals surface area contributed by atoms with E-state index in [1.807, 2.05) is 48.5 Å². The fourth-order valence-electron chi connectivity index (χ4n) is 3.85. The molecule has 0 atom stereocenters. The molecular formula is C28H21ClN2. The van der Waals surface area contributed by atoms with E-state index in [0.717, 1.165) is 39.6 Å². The Morgan fingerprint density at radius 1 is 0.645 bits per heavy atom. The number of imidazole rings is 1. The summed E-state index contributed by atoms with van der Waals surface area (Å²) in [5, 5.41) is 0.681. The van der Waals surface area contributed by atoms with E-state index < -0.39 is 0 Å². The summed E-state index contributed by atoms with van der Waals surface area (Å²) in [7, 11) is 0. The van der Waals surface area contributed by atoms with Crippen LogP contribution in [-0.4, -0.2) is 9.55 Å². The van der Waals surface area contributed by atoms with Gasteiger partial charge in [0.2, 0.25) is 0 Å². The normalized spacial score (nSPS) is 10.9.